The van der Waals surface area contributed by atoms with E-state index in [1.807, 2.05) is 18.2 Å². The van der Waals surface area contributed by atoms with Crippen LogP contribution in [0.5, 0.6) is 0 Å². The molecule has 0 saturated heterocycles. The quantitative estimate of drug-likeness (QED) is 0.575. The average molecular weight is 260 g/mol. The average Bonchev–Trinajstić information content (AvgIpc) is 2.44. The Morgan fingerprint density at radius 3 is 2.32 bits per heavy atom. The summed E-state index contributed by atoms with van der Waals surface area (Å²) in [5.74, 6) is 1.26. The molecule has 1 atom stereocenters. The molecule has 0 spiro atoms. The number of hydrogen-bond donors (Lipinski definition) is 3. The summed E-state index contributed by atoms with van der Waals surface area (Å²) in [5, 5.41) is 15.5. The normalized spacial score (nSPS) is 15.5. The molecule has 19 heavy (non-hydrogen) atoms. The lowest BCUT2D eigenvalue weighted by atomic mass is 9.72. The number of nitrogens with one attached hydrogen (secondary N) is 2. The molecule has 4 N–H and O–H groups in total. The number of hydrogen-bond acceptors (Lipinski definition) is 3. The Labute approximate surface area is 115 Å². The first-order valence-electron chi connectivity index (χ1n) is 6.68. The number of nitrogens with zero attached hydrogens (tertiary/aromatic N) is 1. The molecular weight excluding hydrogens is 236 g/mol. The zero-order valence-electron chi connectivity index (χ0n) is 11.8. The maximum Gasteiger partial charge on any atom is 0.109 e. The fourth-order valence-corrected chi connectivity index (χ4v) is 2.38. The highest BCUT2D eigenvalue weighted by Gasteiger charge is 2.32. The van der Waals surface area contributed by atoms with Gasteiger partial charge in [0.2, 0.25) is 0 Å². The van der Waals surface area contributed by atoms with Gasteiger partial charge in [-0.1, -0.05) is 36.8 Å². The van der Waals surface area contributed by atoms with Crippen LogP contribution in [0.2, 0.25) is 0 Å². The van der Waals surface area contributed by atoms with Crippen LogP contribution in [0.4, 0.5) is 0 Å². The second kappa shape index (κ2) is 7.69. The van der Waals surface area contributed by atoms with Crippen LogP contribution in [0.15, 0.2) is 30.3 Å². The van der Waals surface area contributed by atoms with E-state index in [9.17, 15) is 0 Å². The van der Waals surface area contributed by atoms with Gasteiger partial charge in [-0.05, 0) is 31.4 Å². The number of nitrogens with two attached hydrogens (primary N) is 1. The Morgan fingerprint density at radius 2 is 1.89 bits per heavy atom. The maximum atomic E-state index is 8.23. The highest BCUT2D eigenvalue weighted by molar-refractivity contribution is 5.93. The standard InChI is InChI=1S/C14H19N3.CH5N/c1-17(10-15)14(16)13(12-8-5-9-12)11-6-3-2-4-7-11;1-2/h2-4,6-7,10,12-13,15-16H,5,8-9H2,1H3;2H2,1H3. The van der Waals surface area contributed by atoms with Crippen molar-refractivity contribution in [3.63, 3.8) is 0 Å². The molecule has 0 amide bonds. The first-order chi connectivity index (χ1) is 9.24. The molecule has 1 aliphatic rings. The summed E-state index contributed by atoms with van der Waals surface area (Å²) in [4.78, 5) is 1.61. The largest absolute Gasteiger partial charge is 0.333 e. The van der Waals surface area contributed by atoms with Crippen LogP contribution in [-0.4, -0.2) is 31.2 Å². The van der Waals surface area contributed by atoms with Gasteiger partial charge in [0.15, 0.2) is 0 Å². The smallest absolute Gasteiger partial charge is 0.109 e. The van der Waals surface area contributed by atoms with Crippen molar-refractivity contribution < 1.29 is 0 Å². The lowest BCUT2D eigenvalue weighted by molar-refractivity contribution is 0.291. The first kappa shape index (κ1) is 15.4. The maximum absolute atomic E-state index is 8.23. The highest BCUT2D eigenvalue weighted by atomic mass is 15.1. The van der Waals surface area contributed by atoms with Crippen LogP contribution >= 0.6 is 0 Å². The van der Waals surface area contributed by atoms with Gasteiger partial charge in [0.1, 0.15) is 5.84 Å². The SMILES string of the molecule is CN.CN(C=N)C(=N)C(c1ccccc1)C1CCC1. The van der Waals surface area contributed by atoms with E-state index in [2.05, 4.69) is 17.9 Å². The lowest BCUT2D eigenvalue weighted by Gasteiger charge is -2.36. The van der Waals surface area contributed by atoms with Crippen molar-refractivity contribution in [2.24, 2.45) is 11.7 Å². The van der Waals surface area contributed by atoms with Gasteiger partial charge in [0, 0.05) is 13.0 Å². The number of rotatable bonds is 4. The van der Waals surface area contributed by atoms with Crippen LogP contribution in [0.25, 0.3) is 0 Å². The lowest BCUT2D eigenvalue weighted by Crippen LogP contribution is -2.36. The van der Waals surface area contributed by atoms with Crippen LogP contribution in [-0.2, 0) is 0 Å². The first-order valence-corrected chi connectivity index (χ1v) is 6.68. The van der Waals surface area contributed by atoms with Crippen molar-refractivity contribution in [2.45, 2.75) is 25.2 Å². The summed E-state index contributed by atoms with van der Waals surface area (Å²) >= 11 is 0. The third-order valence-corrected chi connectivity index (χ3v) is 3.65. The minimum absolute atomic E-state index is 0.150. The Balaban J connectivity index is 0.000000861. The van der Waals surface area contributed by atoms with Gasteiger partial charge in [-0.15, -0.1) is 0 Å². The van der Waals surface area contributed by atoms with Crippen molar-refractivity contribution in [2.75, 3.05) is 14.1 Å². The van der Waals surface area contributed by atoms with Crippen LogP contribution in [0, 0.1) is 16.7 Å². The predicted molar refractivity (Wildman–Crippen MR) is 80.9 cm³/mol. The molecule has 4 heteroatoms. The summed E-state index contributed by atoms with van der Waals surface area (Å²) in [6.07, 6.45) is 4.90. The third kappa shape index (κ3) is 3.64. The van der Waals surface area contributed by atoms with Crippen molar-refractivity contribution in [1.82, 2.24) is 4.90 Å². The van der Waals surface area contributed by atoms with E-state index in [1.54, 1.807) is 11.9 Å². The van der Waals surface area contributed by atoms with Gasteiger partial charge in [-0.25, -0.2) is 0 Å². The van der Waals surface area contributed by atoms with E-state index < -0.39 is 0 Å². The van der Waals surface area contributed by atoms with E-state index in [4.69, 9.17) is 10.8 Å². The molecule has 1 aliphatic carbocycles. The van der Waals surface area contributed by atoms with E-state index >= 15 is 0 Å². The summed E-state index contributed by atoms with van der Waals surface area (Å²) in [6.45, 7) is 0. The Morgan fingerprint density at radius 1 is 1.32 bits per heavy atom. The van der Waals surface area contributed by atoms with Gasteiger partial charge in [0.25, 0.3) is 0 Å². The van der Waals surface area contributed by atoms with Gasteiger partial charge in [-0.2, -0.15) is 0 Å². The minimum atomic E-state index is 0.150. The molecule has 2 rings (SSSR count). The third-order valence-electron chi connectivity index (χ3n) is 3.65. The van der Waals surface area contributed by atoms with Gasteiger partial charge >= 0.3 is 0 Å². The number of likely N-dealkylation sites (N-methyl/N-ethyl adjacent to an activating group) is 1. The zero-order chi connectivity index (χ0) is 14.3. The van der Waals surface area contributed by atoms with E-state index in [0.29, 0.717) is 11.8 Å². The molecule has 1 saturated carbocycles. The molecule has 0 bridgehead atoms. The second-order valence-corrected chi connectivity index (χ2v) is 4.70. The molecule has 1 aromatic rings. The van der Waals surface area contributed by atoms with Crippen molar-refractivity contribution in [3.8, 4) is 0 Å². The second-order valence-electron chi connectivity index (χ2n) is 4.70. The van der Waals surface area contributed by atoms with Crippen molar-refractivity contribution >= 4 is 12.2 Å². The highest BCUT2D eigenvalue weighted by Crippen LogP contribution is 2.40. The van der Waals surface area contributed by atoms with E-state index in [-0.39, 0.29) is 5.92 Å². The molecular formula is C15H24N4. The van der Waals surface area contributed by atoms with Gasteiger partial charge < -0.3 is 10.6 Å². The summed E-state index contributed by atoms with van der Waals surface area (Å²) in [6, 6.07) is 10.2. The molecule has 1 aromatic carbocycles. The van der Waals surface area contributed by atoms with Crippen molar-refractivity contribution in [1.29, 1.82) is 10.8 Å². The fourth-order valence-electron chi connectivity index (χ4n) is 2.38. The summed E-state index contributed by atoms with van der Waals surface area (Å²) in [5.41, 5.74) is 5.70. The zero-order valence-corrected chi connectivity index (χ0v) is 11.8. The van der Waals surface area contributed by atoms with Crippen molar-refractivity contribution in [3.05, 3.63) is 35.9 Å². The van der Waals surface area contributed by atoms with E-state index in [1.165, 1.54) is 38.2 Å². The predicted octanol–water partition coefficient (Wildman–Crippen LogP) is 2.66. The number of amidine groups is 1. The van der Waals surface area contributed by atoms with Gasteiger partial charge in [0.05, 0.1) is 6.34 Å². The summed E-state index contributed by atoms with van der Waals surface area (Å²) < 4.78 is 0. The molecule has 104 valence electrons. The molecule has 0 aliphatic heterocycles. The molecule has 4 nitrogen and oxygen atoms in total. The van der Waals surface area contributed by atoms with Crippen LogP contribution in [0.3, 0.4) is 0 Å². The van der Waals surface area contributed by atoms with Crippen LogP contribution < -0.4 is 5.73 Å². The molecule has 0 radical (unpaired) electrons. The molecule has 1 unspecified atom stereocenters. The monoisotopic (exact) mass is 260 g/mol. The van der Waals surface area contributed by atoms with Gasteiger partial charge in [-0.3, -0.25) is 10.8 Å². The Bertz CT molecular complexity index is 398. The minimum Gasteiger partial charge on any atom is -0.333 e. The summed E-state index contributed by atoms with van der Waals surface area (Å²) in [7, 11) is 3.28. The molecule has 0 aromatic heterocycles. The van der Waals surface area contributed by atoms with Crippen LogP contribution in [0.1, 0.15) is 30.7 Å². The topological polar surface area (TPSA) is 77.0 Å². The fraction of sp³-hybridized carbons (Fsp3) is 0.467. The Kier molecular flexibility index (Phi) is 6.22. The number of benzene rings is 1. The Hall–Kier alpha value is -1.68. The molecule has 1 fully saturated rings. The van der Waals surface area contributed by atoms with E-state index in [0.717, 1.165) is 0 Å². The molecule has 0 heterocycles.